The van der Waals surface area contributed by atoms with Crippen LogP contribution in [-0.4, -0.2) is 23.3 Å². The lowest BCUT2D eigenvalue weighted by atomic mass is 10.7. The average Bonchev–Trinajstić information content (AvgIpc) is 2.29. The van der Waals surface area contributed by atoms with Crippen molar-refractivity contribution in [2.45, 2.75) is 6.54 Å². The van der Waals surface area contributed by atoms with E-state index in [2.05, 4.69) is 20.9 Å². The first kappa shape index (κ1) is 9.03. The lowest BCUT2D eigenvalue weighted by Crippen LogP contribution is -2.04. The van der Waals surface area contributed by atoms with Crippen molar-refractivity contribution in [2.75, 3.05) is 13.7 Å². The highest BCUT2D eigenvalue weighted by atomic mass is 79.9. The van der Waals surface area contributed by atoms with Crippen LogP contribution in [0.1, 0.15) is 0 Å². The molecule has 3 nitrogen and oxygen atoms in total. The van der Waals surface area contributed by atoms with Crippen LogP contribution < -0.4 is 0 Å². The van der Waals surface area contributed by atoms with E-state index in [1.807, 2.05) is 4.57 Å². The fraction of sp³-hybridized carbons (Fsp3) is 0.500. The lowest BCUT2D eigenvalue weighted by Gasteiger charge is -2.03. The first-order valence-corrected chi connectivity index (χ1v) is 4.28. The van der Waals surface area contributed by atoms with Gasteiger partial charge in [-0.2, -0.15) is 0 Å². The van der Waals surface area contributed by atoms with Crippen molar-refractivity contribution in [1.29, 1.82) is 0 Å². The number of rotatable bonds is 3. The third kappa shape index (κ3) is 2.18. The molecular formula is C6H8BrClN2O. The molecule has 0 saturated carbocycles. The summed E-state index contributed by atoms with van der Waals surface area (Å²) in [5, 5.41) is 0.619. The molecule has 0 saturated heterocycles. The second-order valence-corrected chi connectivity index (χ2v) is 3.09. The van der Waals surface area contributed by atoms with Crippen molar-refractivity contribution in [1.82, 2.24) is 9.55 Å². The number of hydrogen-bond donors (Lipinski definition) is 0. The van der Waals surface area contributed by atoms with E-state index in [4.69, 9.17) is 16.3 Å². The predicted octanol–water partition coefficient (Wildman–Crippen LogP) is 1.95. The summed E-state index contributed by atoms with van der Waals surface area (Å²) in [6, 6.07) is 0. The monoisotopic (exact) mass is 238 g/mol. The van der Waals surface area contributed by atoms with Crippen LogP contribution in [0.5, 0.6) is 0 Å². The van der Waals surface area contributed by atoms with Gasteiger partial charge in [0, 0.05) is 13.7 Å². The molecule has 0 N–H and O–H groups in total. The van der Waals surface area contributed by atoms with Gasteiger partial charge >= 0.3 is 0 Å². The Morgan fingerprint density at radius 1 is 1.82 bits per heavy atom. The number of aromatic nitrogens is 2. The van der Waals surface area contributed by atoms with Crippen molar-refractivity contribution in [3.8, 4) is 0 Å². The number of halogens is 2. The van der Waals surface area contributed by atoms with Crippen LogP contribution in [0.3, 0.4) is 0 Å². The first-order chi connectivity index (χ1) is 5.25. The number of ether oxygens (including phenoxy) is 1. The normalized spacial score (nSPS) is 10.5. The molecular weight excluding hydrogens is 231 g/mol. The highest BCUT2D eigenvalue weighted by Gasteiger charge is 2.03. The largest absolute Gasteiger partial charge is 0.383 e. The quantitative estimate of drug-likeness (QED) is 0.806. The van der Waals surface area contributed by atoms with Gasteiger partial charge in [-0.3, -0.25) is 0 Å². The van der Waals surface area contributed by atoms with Crippen LogP contribution in [0, 0.1) is 0 Å². The summed E-state index contributed by atoms with van der Waals surface area (Å²) in [5.41, 5.74) is 0. The second kappa shape index (κ2) is 4.09. The first-order valence-electron chi connectivity index (χ1n) is 3.11. The number of methoxy groups -OCH3 is 1. The standard InChI is InChI=1S/C6H8BrClN2O/c1-11-3-2-10-5(8)4-9-6(10)7/h4H,2-3H2,1H3. The van der Waals surface area contributed by atoms with Gasteiger partial charge in [0.25, 0.3) is 0 Å². The Labute approximate surface area is 78.4 Å². The fourth-order valence-corrected chi connectivity index (χ4v) is 1.50. The molecule has 0 fully saturated rings. The number of hydrogen-bond acceptors (Lipinski definition) is 2. The minimum atomic E-state index is 0.619. The summed E-state index contributed by atoms with van der Waals surface area (Å²) >= 11 is 9.05. The van der Waals surface area contributed by atoms with Gasteiger partial charge in [-0.15, -0.1) is 0 Å². The van der Waals surface area contributed by atoms with Crippen molar-refractivity contribution < 1.29 is 4.74 Å². The molecule has 11 heavy (non-hydrogen) atoms. The van der Waals surface area contributed by atoms with Crippen LogP contribution in [0.25, 0.3) is 0 Å². The number of nitrogens with zero attached hydrogens (tertiary/aromatic N) is 2. The van der Waals surface area contributed by atoms with Gasteiger partial charge in [0.05, 0.1) is 12.8 Å². The van der Waals surface area contributed by atoms with Gasteiger partial charge in [0.1, 0.15) is 5.15 Å². The van der Waals surface area contributed by atoms with Gasteiger partial charge in [0.2, 0.25) is 0 Å². The number of imidazole rings is 1. The fourth-order valence-electron chi connectivity index (χ4n) is 0.716. The maximum absolute atomic E-state index is 5.80. The Kier molecular flexibility index (Phi) is 3.36. The molecule has 0 aliphatic heterocycles. The predicted molar refractivity (Wildman–Crippen MR) is 46.8 cm³/mol. The van der Waals surface area contributed by atoms with Crippen LogP contribution in [0.4, 0.5) is 0 Å². The van der Waals surface area contributed by atoms with Crippen molar-refractivity contribution in [3.05, 3.63) is 16.1 Å². The molecule has 0 aromatic carbocycles. The summed E-state index contributed by atoms with van der Waals surface area (Å²) in [6.45, 7) is 1.35. The molecule has 62 valence electrons. The Hall–Kier alpha value is -0.0600. The molecule has 0 spiro atoms. The van der Waals surface area contributed by atoms with E-state index in [0.717, 1.165) is 11.3 Å². The topological polar surface area (TPSA) is 27.1 Å². The van der Waals surface area contributed by atoms with Crippen molar-refractivity contribution in [2.24, 2.45) is 0 Å². The molecule has 0 radical (unpaired) electrons. The third-order valence-corrected chi connectivity index (χ3v) is 2.21. The van der Waals surface area contributed by atoms with E-state index >= 15 is 0 Å². The second-order valence-electron chi connectivity index (χ2n) is 1.99. The zero-order chi connectivity index (χ0) is 8.27. The van der Waals surface area contributed by atoms with E-state index < -0.39 is 0 Å². The van der Waals surface area contributed by atoms with E-state index in [1.54, 1.807) is 13.3 Å². The van der Waals surface area contributed by atoms with Crippen molar-refractivity contribution in [3.63, 3.8) is 0 Å². The van der Waals surface area contributed by atoms with Gasteiger partial charge in [-0.05, 0) is 15.9 Å². The van der Waals surface area contributed by atoms with Crippen LogP contribution in [0.2, 0.25) is 5.15 Å². The highest BCUT2D eigenvalue weighted by molar-refractivity contribution is 9.10. The van der Waals surface area contributed by atoms with Gasteiger partial charge in [-0.1, -0.05) is 11.6 Å². The van der Waals surface area contributed by atoms with Gasteiger partial charge < -0.3 is 9.30 Å². The maximum Gasteiger partial charge on any atom is 0.178 e. The smallest absolute Gasteiger partial charge is 0.178 e. The molecule has 0 unspecified atom stereocenters. The Bertz CT molecular complexity index is 219. The SMILES string of the molecule is COCCn1c(Cl)cnc1Br. The van der Waals surface area contributed by atoms with Crippen LogP contribution in [-0.2, 0) is 11.3 Å². The van der Waals surface area contributed by atoms with Crippen LogP contribution >= 0.6 is 27.5 Å². The molecule has 0 bridgehead atoms. The third-order valence-electron chi connectivity index (χ3n) is 1.28. The molecule has 1 aromatic heterocycles. The molecule has 0 atom stereocenters. The zero-order valence-electron chi connectivity index (χ0n) is 6.05. The summed E-state index contributed by atoms with van der Waals surface area (Å²) in [4.78, 5) is 3.96. The average molecular weight is 240 g/mol. The Morgan fingerprint density at radius 3 is 3.00 bits per heavy atom. The van der Waals surface area contributed by atoms with Gasteiger partial charge in [-0.25, -0.2) is 4.98 Å². The maximum atomic E-state index is 5.80. The minimum absolute atomic E-state index is 0.619. The summed E-state index contributed by atoms with van der Waals surface area (Å²) in [7, 11) is 1.65. The van der Waals surface area contributed by atoms with Gasteiger partial charge in [0.15, 0.2) is 4.73 Å². The molecule has 5 heteroatoms. The Morgan fingerprint density at radius 2 is 2.55 bits per heavy atom. The highest BCUT2D eigenvalue weighted by Crippen LogP contribution is 2.15. The van der Waals surface area contributed by atoms with E-state index in [1.165, 1.54) is 0 Å². The molecule has 1 aromatic rings. The van der Waals surface area contributed by atoms with E-state index in [0.29, 0.717) is 11.8 Å². The van der Waals surface area contributed by atoms with Crippen molar-refractivity contribution >= 4 is 27.5 Å². The molecule has 0 amide bonds. The molecule has 0 aliphatic rings. The van der Waals surface area contributed by atoms with Crippen LogP contribution in [0.15, 0.2) is 10.9 Å². The molecule has 0 aliphatic carbocycles. The lowest BCUT2D eigenvalue weighted by molar-refractivity contribution is 0.186. The summed E-state index contributed by atoms with van der Waals surface area (Å²) < 4.78 is 7.46. The minimum Gasteiger partial charge on any atom is -0.383 e. The summed E-state index contributed by atoms with van der Waals surface area (Å²) in [5.74, 6) is 0. The molecule has 1 rings (SSSR count). The zero-order valence-corrected chi connectivity index (χ0v) is 8.39. The van der Waals surface area contributed by atoms with E-state index in [9.17, 15) is 0 Å². The summed E-state index contributed by atoms with van der Waals surface area (Å²) in [6.07, 6.45) is 1.60. The Balaban J connectivity index is 2.67. The van der Waals surface area contributed by atoms with E-state index in [-0.39, 0.29) is 0 Å². The molecule has 1 heterocycles.